The normalized spacial score (nSPS) is 26.7. The Hall–Kier alpha value is -4.17. The summed E-state index contributed by atoms with van der Waals surface area (Å²) < 4.78 is 13.8. The van der Waals surface area contributed by atoms with Gasteiger partial charge in [0.15, 0.2) is 0 Å². The largest absolute Gasteiger partial charge is 0.508 e. The summed E-state index contributed by atoms with van der Waals surface area (Å²) in [6.45, 7) is 4.29. The van der Waals surface area contributed by atoms with E-state index in [4.69, 9.17) is 14.3 Å². The van der Waals surface area contributed by atoms with Gasteiger partial charge >= 0.3 is 0 Å². The van der Waals surface area contributed by atoms with Crippen molar-refractivity contribution in [2.45, 2.75) is 62.7 Å². The number of allylic oxidation sites excluding steroid dienone is 1. The highest BCUT2D eigenvalue weighted by Gasteiger charge is 2.65. The van der Waals surface area contributed by atoms with Gasteiger partial charge in [-0.3, -0.25) is 4.79 Å². The average Bonchev–Trinajstić information content (AvgIpc) is 3.09. The number of ether oxygens (including phenoxy) is 2. The van der Waals surface area contributed by atoms with E-state index in [1.54, 1.807) is 60.5 Å². The minimum atomic E-state index is -1.36. The van der Waals surface area contributed by atoms with Gasteiger partial charge in [-0.25, -0.2) is 0 Å². The summed E-state index contributed by atoms with van der Waals surface area (Å²) in [5.74, 6) is -1.37. The Balaban J connectivity index is 1.72. The van der Waals surface area contributed by atoms with Crippen molar-refractivity contribution in [3.63, 3.8) is 0 Å². The molecule has 10 heteroatoms. The SMILES string of the molecule is C=CCOC12Oc3ccc(O)cc3C3C(CCCCO)C(CCCCO)C=C(C(=NOC)CC1N(C)C(=O)c1ccc(C#N)cc1)C32. The maximum atomic E-state index is 14.1. The van der Waals surface area contributed by atoms with Crippen molar-refractivity contribution in [3.05, 3.63) is 83.5 Å². The van der Waals surface area contributed by atoms with Gasteiger partial charge in [0, 0.05) is 43.7 Å². The Morgan fingerprint density at radius 3 is 2.53 bits per heavy atom. The zero-order chi connectivity index (χ0) is 33.6. The molecule has 250 valence electrons. The smallest absolute Gasteiger partial charge is 0.254 e. The molecule has 0 spiro atoms. The van der Waals surface area contributed by atoms with Gasteiger partial charge in [0.1, 0.15) is 24.7 Å². The lowest BCUT2D eigenvalue weighted by Gasteiger charge is -2.59. The van der Waals surface area contributed by atoms with Crippen LogP contribution in [0.3, 0.4) is 0 Å². The summed E-state index contributed by atoms with van der Waals surface area (Å²) in [5.41, 5.74) is 3.36. The number of aliphatic hydroxyl groups is 2. The first-order valence-electron chi connectivity index (χ1n) is 16.4. The highest BCUT2D eigenvalue weighted by Crippen LogP contribution is 2.61. The first kappa shape index (κ1) is 34.2. The topological polar surface area (TPSA) is 145 Å². The molecule has 5 rings (SSSR count). The van der Waals surface area contributed by atoms with Crippen molar-refractivity contribution in [2.24, 2.45) is 22.9 Å². The monoisotopic (exact) mass is 643 g/mol. The molecule has 0 radical (unpaired) electrons. The second-order valence-corrected chi connectivity index (χ2v) is 12.6. The molecular formula is C37H45N3O7. The van der Waals surface area contributed by atoms with Crippen molar-refractivity contribution >= 4 is 11.6 Å². The molecule has 0 bridgehead atoms. The van der Waals surface area contributed by atoms with Gasteiger partial charge < -0.3 is 34.5 Å². The van der Waals surface area contributed by atoms with Gasteiger partial charge in [0.2, 0.25) is 5.79 Å². The number of rotatable bonds is 14. The molecule has 1 aliphatic heterocycles. The molecule has 10 nitrogen and oxygen atoms in total. The number of nitriles is 1. The van der Waals surface area contributed by atoms with Crippen LogP contribution in [0.5, 0.6) is 11.5 Å². The fraction of sp³-hybridized carbons (Fsp3) is 0.486. The molecule has 6 atom stereocenters. The molecule has 2 aromatic carbocycles. The van der Waals surface area contributed by atoms with Gasteiger partial charge in [-0.05, 0) is 85.6 Å². The number of phenolic OH excluding ortho intramolecular Hbond substituents is 1. The van der Waals surface area contributed by atoms with Gasteiger partial charge in [0.25, 0.3) is 5.91 Å². The number of aliphatic hydroxyl groups excluding tert-OH is 2. The first-order chi connectivity index (χ1) is 22.8. The number of hydrogen-bond acceptors (Lipinski definition) is 9. The molecule has 3 aliphatic rings. The summed E-state index contributed by atoms with van der Waals surface area (Å²) in [7, 11) is 3.24. The summed E-state index contributed by atoms with van der Waals surface area (Å²) in [6.07, 6.45) is 8.85. The molecule has 1 fully saturated rings. The third-order valence-corrected chi connectivity index (χ3v) is 9.91. The Labute approximate surface area is 276 Å². The minimum absolute atomic E-state index is 0.0761. The molecule has 1 saturated carbocycles. The van der Waals surface area contributed by atoms with Crippen molar-refractivity contribution in [1.29, 1.82) is 5.26 Å². The van der Waals surface area contributed by atoms with Gasteiger partial charge in [-0.15, -0.1) is 6.58 Å². The molecular weight excluding hydrogens is 598 g/mol. The predicted molar refractivity (Wildman–Crippen MR) is 177 cm³/mol. The zero-order valence-corrected chi connectivity index (χ0v) is 27.2. The summed E-state index contributed by atoms with van der Waals surface area (Å²) in [4.78, 5) is 21.2. The number of benzene rings is 2. The Morgan fingerprint density at radius 1 is 1.15 bits per heavy atom. The highest BCUT2D eigenvalue weighted by molar-refractivity contribution is 6.03. The van der Waals surface area contributed by atoms with Crippen LogP contribution in [-0.4, -0.2) is 77.6 Å². The molecule has 47 heavy (non-hydrogen) atoms. The predicted octanol–water partition coefficient (Wildman–Crippen LogP) is 5.30. The molecule has 6 unspecified atom stereocenters. The van der Waals surface area contributed by atoms with Gasteiger partial charge in [-0.2, -0.15) is 5.26 Å². The number of unbranched alkanes of at least 4 members (excludes halogenated alkanes) is 2. The number of likely N-dealkylation sites (N-methyl/N-ethyl adjacent to an activating group) is 1. The number of fused-ring (bicyclic) bond motifs is 2. The Bertz CT molecular complexity index is 1530. The van der Waals surface area contributed by atoms with E-state index in [0.717, 1.165) is 36.8 Å². The summed E-state index contributed by atoms with van der Waals surface area (Å²) >= 11 is 0. The first-order valence-corrected chi connectivity index (χ1v) is 16.4. The minimum Gasteiger partial charge on any atom is -0.508 e. The number of phenols is 1. The van der Waals surface area contributed by atoms with Crippen molar-refractivity contribution < 1.29 is 34.4 Å². The molecule has 3 N–H and O–H groups in total. The van der Waals surface area contributed by atoms with Crippen LogP contribution in [0.2, 0.25) is 0 Å². The zero-order valence-electron chi connectivity index (χ0n) is 27.2. The molecule has 0 aromatic heterocycles. The van der Waals surface area contributed by atoms with Gasteiger partial charge in [-0.1, -0.05) is 30.1 Å². The number of amides is 1. The van der Waals surface area contributed by atoms with Crippen molar-refractivity contribution in [2.75, 3.05) is 34.0 Å². The second-order valence-electron chi connectivity index (χ2n) is 12.6. The fourth-order valence-electron chi connectivity index (χ4n) is 7.88. The molecule has 1 amide bonds. The maximum absolute atomic E-state index is 14.1. The Kier molecular flexibility index (Phi) is 11.0. The van der Waals surface area contributed by atoms with E-state index in [0.29, 0.717) is 35.4 Å². The lowest BCUT2D eigenvalue weighted by atomic mass is 9.55. The standard InChI is InChI=1S/C37H45N3O7/c1-4-19-46-37-33(40(2)36(44)25-13-11-24(23-38)12-14-25)22-31(39-45-3)29-20-26(9-5-7-17-41)28(10-6-8-18-42)34(35(29)37)30-21-27(43)15-16-32(30)47-37/h4,11-16,20-21,26,28,33-35,41-43H,1,5-10,17-19,22H2,2-3H3. The van der Waals surface area contributed by atoms with Crippen LogP contribution in [0.4, 0.5) is 0 Å². The number of carbonyl (C=O) groups excluding carboxylic acids is 1. The van der Waals surface area contributed by atoms with Crippen LogP contribution in [0.1, 0.15) is 72.3 Å². The Morgan fingerprint density at radius 2 is 1.87 bits per heavy atom. The summed E-state index contributed by atoms with van der Waals surface area (Å²) in [5, 5.41) is 43.8. The van der Waals surface area contributed by atoms with E-state index in [-0.39, 0.29) is 55.7 Å². The second kappa shape index (κ2) is 15.2. The number of carbonyl (C=O) groups is 1. The third kappa shape index (κ3) is 6.66. The molecule has 2 aliphatic carbocycles. The average molecular weight is 644 g/mol. The van der Waals surface area contributed by atoms with Crippen LogP contribution in [-0.2, 0) is 9.57 Å². The fourth-order valence-corrected chi connectivity index (χ4v) is 7.88. The van der Waals surface area contributed by atoms with E-state index in [9.17, 15) is 25.4 Å². The van der Waals surface area contributed by atoms with E-state index < -0.39 is 17.7 Å². The van der Waals surface area contributed by atoms with E-state index >= 15 is 0 Å². The highest BCUT2D eigenvalue weighted by atomic mass is 16.7. The van der Waals surface area contributed by atoms with Crippen LogP contribution < -0.4 is 4.74 Å². The van der Waals surface area contributed by atoms with E-state index in [1.165, 1.54) is 7.11 Å². The lowest BCUT2D eigenvalue weighted by Crippen LogP contribution is -2.69. The van der Waals surface area contributed by atoms with Crippen LogP contribution in [0, 0.1) is 29.1 Å². The van der Waals surface area contributed by atoms with E-state index in [1.807, 2.05) is 0 Å². The maximum Gasteiger partial charge on any atom is 0.254 e. The number of nitrogens with zero attached hydrogens (tertiary/aromatic N) is 3. The van der Waals surface area contributed by atoms with Crippen LogP contribution in [0.25, 0.3) is 0 Å². The number of hydrogen-bond donors (Lipinski definition) is 3. The van der Waals surface area contributed by atoms with E-state index in [2.05, 4.69) is 23.9 Å². The van der Waals surface area contributed by atoms with Crippen LogP contribution in [0.15, 0.2) is 71.9 Å². The number of oxime groups is 1. The lowest BCUT2D eigenvalue weighted by molar-refractivity contribution is -0.252. The number of aromatic hydroxyl groups is 1. The van der Waals surface area contributed by atoms with Crippen LogP contribution >= 0.6 is 0 Å². The third-order valence-electron chi connectivity index (χ3n) is 9.91. The molecule has 0 saturated heterocycles. The molecule has 1 heterocycles. The van der Waals surface area contributed by atoms with Crippen molar-refractivity contribution in [1.82, 2.24) is 4.90 Å². The summed E-state index contributed by atoms with van der Waals surface area (Å²) in [6, 6.07) is 13.1. The van der Waals surface area contributed by atoms with Crippen molar-refractivity contribution in [3.8, 4) is 17.6 Å². The quantitative estimate of drug-likeness (QED) is 0.143. The molecule has 2 aromatic rings. The van der Waals surface area contributed by atoms with Gasteiger partial charge in [0.05, 0.1) is 29.9 Å².